The number of rotatable bonds is 7. The maximum atomic E-state index is 13.5. The van der Waals surface area contributed by atoms with E-state index < -0.39 is 22.0 Å². The number of nitrogens with one attached hydrogen (secondary N) is 2. The molecule has 2 N–H and O–H groups in total. The Labute approximate surface area is 246 Å². The summed E-state index contributed by atoms with van der Waals surface area (Å²) in [4.78, 5) is 39.7. The molecule has 0 aliphatic rings. The van der Waals surface area contributed by atoms with Crippen LogP contribution in [0.25, 0.3) is 33.7 Å². The SMILES string of the molecule is Cc1cc([C@@H](C)Nc2ccc(Cl)nc2C(=O)NS(C)(=O)=O)c2nc(-c3ccc(-c4ccn(C)n4)nc3)n(C)c(=O)c2c1. The Hall–Kier alpha value is -4.62. The minimum atomic E-state index is -3.84. The van der Waals surface area contributed by atoms with E-state index in [1.165, 1.54) is 16.7 Å². The van der Waals surface area contributed by atoms with Crippen LogP contribution in [0.15, 0.2) is 59.7 Å². The van der Waals surface area contributed by atoms with Gasteiger partial charge < -0.3 is 5.32 Å². The smallest absolute Gasteiger partial charge is 0.285 e. The lowest BCUT2D eigenvalue weighted by molar-refractivity contribution is 0.0977. The molecule has 1 atom stereocenters. The summed E-state index contributed by atoms with van der Waals surface area (Å²) in [6.45, 7) is 3.71. The maximum absolute atomic E-state index is 13.5. The van der Waals surface area contributed by atoms with E-state index in [2.05, 4.69) is 20.4 Å². The summed E-state index contributed by atoms with van der Waals surface area (Å²) in [5, 5.41) is 8.03. The average molecular weight is 607 g/mol. The number of nitrogens with zero attached hydrogens (tertiary/aromatic N) is 6. The van der Waals surface area contributed by atoms with Crippen molar-refractivity contribution < 1.29 is 13.2 Å². The molecule has 5 rings (SSSR count). The van der Waals surface area contributed by atoms with Gasteiger partial charge in [-0.3, -0.25) is 23.8 Å². The van der Waals surface area contributed by atoms with Gasteiger partial charge in [-0.25, -0.2) is 23.1 Å². The van der Waals surface area contributed by atoms with Crippen molar-refractivity contribution in [1.82, 2.24) is 34.0 Å². The standard InChI is InChI=1S/C28H27ClN8O4S/c1-15-12-18(16(2)31-22-8-9-23(29)32-25(22)27(38)35-42(5,40)41)24-19(13-15)28(39)37(4)26(33-24)17-6-7-20(30-14-17)21-10-11-36(3)34-21/h6-14,16,31H,1-5H3,(H,35,38)/t16-/m1/s1. The van der Waals surface area contributed by atoms with Gasteiger partial charge in [0.25, 0.3) is 11.5 Å². The van der Waals surface area contributed by atoms with Crippen molar-refractivity contribution >= 4 is 44.1 Å². The molecule has 0 aliphatic carbocycles. The molecule has 4 aromatic heterocycles. The van der Waals surface area contributed by atoms with Gasteiger partial charge in [-0.1, -0.05) is 17.7 Å². The van der Waals surface area contributed by atoms with Gasteiger partial charge in [-0.05, 0) is 55.8 Å². The number of pyridine rings is 2. The third kappa shape index (κ3) is 5.87. The van der Waals surface area contributed by atoms with Gasteiger partial charge in [0.15, 0.2) is 5.69 Å². The van der Waals surface area contributed by atoms with E-state index in [1.54, 1.807) is 24.0 Å². The minimum Gasteiger partial charge on any atom is -0.377 e. The number of hydrogen-bond donors (Lipinski definition) is 2. The van der Waals surface area contributed by atoms with E-state index in [9.17, 15) is 18.0 Å². The highest BCUT2D eigenvalue weighted by Crippen LogP contribution is 2.29. The summed E-state index contributed by atoms with van der Waals surface area (Å²) in [5.74, 6) is -0.508. The van der Waals surface area contributed by atoms with Crippen LogP contribution in [0, 0.1) is 6.92 Å². The Morgan fingerprint density at radius 3 is 2.45 bits per heavy atom. The average Bonchev–Trinajstić information content (AvgIpc) is 3.37. The van der Waals surface area contributed by atoms with Gasteiger partial charge in [0, 0.05) is 37.6 Å². The first-order chi connectivity index (χ1) is 19.8. The van der Waals surface area contributed by atoms with Crippen LogP contribution in [0.1, 0.15) is 34.6 Å². The molecule has 0 bridgehead atoms. The van der Waals surface area contributed by atoms with Gasteiger partial charge in [0.05, 0.1) is 34.6 Å². The third-order valence-electron chi connectivity index (χ3n) is 6.54. The van der Waals surface area contributed by atoms with Crippen LogP contribution in [0.4, 0.5) is 5.69 Å². The summed E-state index contributed by atoms with van der Waals surface area (Å²) >= 11 is 6.01. The summed E-state index contributed by atoms with van der Waals surface area (Å²) < 4.78 is 28.4. The topological polar surface area (TPSA) is 154 Å². The first-order valence-corrected chi connectivity index (χ1v) is 15.0. The number of hydrogen-bond acceptors (Lipinski definition) is 9. The van der Waals surface area contributed by atoms with Crippen LogP contribution >= 0.6 is 11.6 Å². The second kappa shape index (κ2) is 11.0. The molecule has 4 heterocycles. The monoisotopic (exact) mass is 606 g/mol. The van der Waals surface area contributed by atoms with Crippen molar-refractivity contribution in [3.05, 3.63) is 87.2 Å². The molecule has 0 saturated heterocycles. The van der Waals surface area contributed by atoms with Crippen LogP contribution in [-0.4, -0.2) is 49.9 Å². The maximum Gasteiger partial charge on any atom is 0.285 e. The van der Waals surface area contributed by atoms with Crippen LogP contribution in [-0.2, 0) is 24.1 Å². The van der Waals surface area contributed by atoms with Gasteiger partial charge in [-0.15, -0.1) is 0 Å². The summed E-state index contributed by atoms with van der Waals surface area (Å²) in [6, 6.07) is 11.7. The first-order valence-electron chi connectivity index (χ1n) is 12.7. The highest BCUT2D eigenvalue weighted by Gasteiger charge is 2.22. The molecular formula is C28H27ClN8O4S. The van der Waals surface area contributed by atoms with Crippen LogP contribution in [0.2, 0.25) is 5.15 Å². The quantitative estimate of drug-likeness (QED) is 0.264. The molecule has 0 radical (unpaired) electrons. The second-order valence-corrected chi connectivity index (χ2v) is 12.1. The number of fused-ring (bicyclic) bond motifs is 1. The van der Waals surface area contributed by atoms with Gasteiger partial charge in [0.1, 0.15) is 16.7 Å². The number of amides is 1. The molecule has 216 valence electrons. The molecule has 1 amide bonds. The molecule has 0 saturated carbocycles. The highest BCUT2D eigenvalue weighted by molar-refractivity contribution is 7.89. The van der Waals surface area contributed by atoms with E-state index >= 15 is 0 Å². The van der Waals surface area contributed by atoms with Crippen molar-refractivity contribution in [3.63, 3.8) is 0 Å². The normalized spacial score (nSPS) is 12.3. The van der Waals surface area contributed by atoms with Crippen molar-refractivity contribution in [3.8, 4) is 22.8 Å². The van der Waals surface area contributed by atoms with E-state index in [4.69, 9.17) is 16.6 Å². The lowest BCUT2D eigenvalue weighted by Crippen LogP contribution is -2.31. The van der Waals surface area contributed by atoms with Crippen LogP contribution < -0.4 is 15.6 Å². The van der Waals surface area contributed by atoms with Gasteiger partial charge in [0.2, 0.25) is 10.0 Å². The first kappa shape index (κ1) is 28.9. The molecule has 12 nitrogen and oxygen atoms in total. The summed E-state index contributed by atoms with van der Waals surface area (Å²) in [6.07, 6.45) is 4.36. The van der Waals surface area contributed by atoms with Crippen molar-refractivity contribution in [2.24, 2.45) is 14.1 Å². The number of sulfonamides is 1. The molecule has 42 heavy (non-hydrogen) atoms. The molecule has 5 aromatic rings. The third-order valence-corrected chi connectivity index (χ3v) is 7.31. The highest BCUT2D eigenvalue weighted by atomic mass is 35.5. The Balaban J connectivity index is 1.57. The molecule has 0 unspecified atom stereocenters. The molecule has 0 aliphatic heterocycles. The van der Waals surface area contributed by atoms with Gasteiger partial charge >= 0.3 is 0 Å². The lowest BCUT2D eigenvalue weighted by atomic mass is 10.0. The summed E-state index contributed by atoms with van der Waals surface area (Å²) in [7, 11) is -0.352. The zero-order valence-corrected chi connectivity index (χ0v) is 24.9. The Bertz CT molecular complexity index is 2020. The minimum absolute atomic E-state index is 0.0188. The number of halogens is 1. The van der Waals surface area contributed by atoms with Crippen LogP contribution in [0.5, 0.6) is 0 Å². The fourth-order valence-corrected chi connectivity index (χ4v) is 5.20. The summed E-state index contributed by atoms with van der Waals surface area (Å²) in [5.41, 5.74) is 3.87. The van der Waals surface area contributed by atoms with E-state index in [-0.39, 0.29) is 22.1 Å². The number of aryl methyl sites for hydroxylation is 2. The number of anilines is 1. The second-order valence-electron chi connectivity index (χ2n) is 9.96. The lowest BCUT2D eigenvalue weighted by Gasteiger charge is -2.20. The Morgan fingerprint density at radius 2 is 1.81 bits per heavy atom. The molecule has 0 fully saturated rings. The van der Waals surface area contributed by atoms with E-state index in [0.717, 1.165) is 17.5 Å². The predicted molar refractivity (Wildman–Crippen MR) is 161 cm³/mol. The van der Waals surface area contributed by atoms with Crippen LogP contribution in [0.3, 0.4) is 0 Å². The predicted octanol–water partition coefficient (Wildman–Crippen LogP) is 3.62. The zero-order chi connectivity index (χ0) is 30.3. The number of carbonyl (C=O) groups is 1. The fraction of sp³-hybridized carbons (Fsp3) is 0.214. The van der Waals surface area contributed by atoms with Gasteiger partial charge in [-0.2, -0.15) is 5.10 Å². The zero-order valence-electron chi connectivity index (χ0n) is 23.4. The van der Waals surface area contributed by atoms with E-state index in [0.29, 0.717) is 33.5 Å². The number of benzene rings is 1. The largest absolute Gasteiger partial charge is 0.377 e. The van der Waals surface area contributed by atoms with E-state index in [1.807, 2.05) is 56.1 Å². The fourth-order valence-electron chi connectivity index (χ4n) is 4.62. The number of carbonyl (C=O) groups excluding carboxylic acids is 1. The van der Waals surface area contributed by atoms with Crippen molar-refractivity contribution in [2.45, 2.75) is 19.9 Å². The number of aromatic nitrogens is 6. The van der Waals surface area contributed by atoms with Crippen molar-refractivity contribution in [1.29, 1.82) is 0 Å². The molecule has 14 heteroatoms. The molecule has 1 aromatic carbocycles. The Morgan fingerprint density at radius 1 is 1.05 bits per heavy atom. The Kier molecular flexibility index (Phi) is 7.56. The molecule has 0 spiro atoms. The molecular weight excluding hydrogens is 580 g/mol. The van der Waals surface area contributed by atoms with Crippen molar-refractivity contribution in [2.75, 3.05) is 11.6 Å².